The van der Waals surface area contributed by atoms with Crippen LogP contribution in [0, 0.1) is 13.8 Å². The lowest BCUT2D eigenvalue weighted by Gasteiger charge is -2.34. The van der Waals surface area contributed by atoms with Gasteiger partial charge in [-0.15, -0.1) is 0 Å². The summed E-state index contributed by atoms with van der Waals surface area (Å²) in [5.74, 6) is 1.51. The maximum absolute atomic E-state index is 12.7. The number of benzene rings is 1. The van der Waals surface area contributed by atoms with E-state index >= 15 is 0 Å². The van der Waals surface area contributed by atoms with Crippen LogP contribution in [0.1, 0.15) is 52.9 Å². The summed E-state index contributed by atoms with van der Waals surface area (Å²) >= 11 is 0. The van der Waals surface area contributed by atoms with Gasteiger partial charge in [0.1, 0.15) is 11.6 Å². The van der Waals surface area contributed by atoms with E-state index in [0.717, 1.165) is 37.2 Å². The molecule has 1 aromatic carbocycles. The molecule has 3 heterocycles. The number of hydrogen-bond acceptors (Lipinski definition) is 7. The second-order valence-corrected chi connectivity index (χ2v) is 8.52. The number of amides is 2. The van der Waals surface area contributed by atoms with Crippen molar-refractivity contribution in [3.63, 3.8) is 0 Å². The summed E-state index contributed by atoms with van der Waals surface area (Å²) in [6.45, 7) is 4.82. The molecule has 3 N–H and O–H groups in total. The van der Waals surface area contributed by atoms with E-state index in [1.54, 1.807) is 35.0 Å². The van der Waals surface area contributed by atoms with Crippen molar-refractivity contribution in [2.45, 2.75) is 39.2 Å². The van der Waals surface area contributed by atoms with E-state index in [2.05, 4.69) is 25.3 Å². The van der Waals surface area contributed by atoms with Crippen molar-refractivity contribution in [1.82, 2.24) is 24.6 Å². The number of nitrogens with zero attached hydrogens (tertiary/aromatic N) is 5. The number of primary amides is 1. The molecule has 1 atom stereocenters. The minimum atomic E-state index is -0.494. The van der Waals surface area contributed by atoms with Crippen LogP contribution in [0.25, 0.3) is 0 Å². The van der Waals surface area contributed by atoms with Crippen LogP contribution in [0.5, 0.6) is 11.6 Å². The zero-order valence-corrected chi connectivity index (χ0v) is 19.6. The van der Waals surface area contributed by atoms with Crippen LogP contribution in [0.4, 0.5) is 5.82 Å². The first-order valence-corrected chi connectivity index (χ1v) is 11.3. The molecular formula is C24H29N7O3. The molecule has 1 unspecified atom stereocenters. The summed E-state index contributed by atoms with van der Waals surface area (Å²) < 4.78 is 7.65. The van der Waals surface area contributed by atoms with Gasteiger partial charge in [0.05, 0.1) is 12.6 Å². The fraction of sp³-hybridized carbons (Fsp3) is 0.375. The highest BCUT2D eigenvalue weighted by Gasteiger charge is 2.28. The Morgan fingerprint density at radius 3 is 2.59 bits per heavy atom. The Morgan fingerprint density at radius 2 is 1.91 bits per heavy atom. The zero-order valence-electron chi connectivity index (χ0n) is 19.6. The van der Waals surface area contributed by atoms with E-state index in [1.807, 2.05) is 27.0 Å². The van der Waals surface area contributed by atoms with Gasteiger partial charge in [0.25, 0.3) is 0 Å². The number of likely N-dealkylation sites (tertiary alicyclic amines) is 1. The number of piperidine rings is 1. The van der Waals surface area contributed by atoms with Crippen molar-refractivity contribution in [3.05, 3.63) is 59.2 Å². The summed E-state index contributed by atoms with van der Waals surface area (Å²) in [5.41, 5.74) is 7.44. The van der Waals surface area contributed by atoms with Gasteiger partial charge in [-0.3, -0.25) is 19.2 Å². The fourth-order valence-corrected chi connectivity index (χ4v) is 4.03. The first-order chi connectivity index (χ1) is 16.3. The summed E-state index contributed by atoms with van der Waals surface area (Å²) in [7, 11) is 1.84. The minimum absolute atomic E-state index is 0.0931. The van der Waals surface area contributed by atoms with Crippen LogP contribution in [-0.2, 0) is 11.8 Å². The number of ether oxygens (including phenoxy) is 1. The van der Waals surface area contributed by atoms with E-state index in [9.17, 15) is 9.59 Å². The van der Waals surface area contributed by atoms with Gasteiger partial charge in [-0.25, -0.2) is 4.98 Å². The normalized spacial score (nSPS) is 16.3. The second kappa shape index (κ2) is 10.0. The lowest BCUT2D eigenvalue weighted by atomic mass is 10.0. The molecule has 10 heteroatoms. The number of nitrogens with one attached hydrogen (secondary N) is 1. The Kier molecular flexibility index (Phi) is 6.87. The maximum atomic E-state index is 12.7. The van der Waals surface area contributed by atoms with Crippen LogP contribution < -0.4 is 15.8 Å². The monoisotopic (exact) mass is 463 g/mol. The Morgan fingerprint density at radius 1 is 1.15 bits per heavy atom. The summed E-state index contributed by atoms with van der Waals surface area (Å²) in [6.07, 6.45) is 2.89. The predicted molar refractivity (Wildman–Crippen MR) is 127 cm³/mol. The van der Waals surface area contributed by atoms with Gasteiger partial charge in [-0.2, -0.15) is 10.1 Å². The van der Waals surface area contributed by atoms with Crippen LogP contribution in [0.15, 0.2) is 36.4 Å². The molecule has 1 saturated heterocycles. The second-order valence-electron chi connectivity index (χ2n) is 8.52. The Bertz CT molecular complexity index is 1170. The fourth-order valence-electron chi connectivity index (χ4n) is 4.03. The predicted octanol–water partition coefficient (Wildman–Crippen LogP) is 2.88. The average Bonchev–Trinajstić information content (AvgIpc) is 3.10. The van der Waals surface area contributed by atoms with E-state index in [4.69, 9.17) is 10.5 Å². The number of anilines is 1. The van der Waals surface area contributed by atoms with E-state index in [1.165, 1.54) is 0 Å². The number of hydrogen-bond donors (Lipinski definition) is 2. The first kappa shape index (κ1) is 23.4. The van der Waals surface area contributed by atoms with Crippen molar-refractivity contribution in [3.8, 4) is 11.6 Å². The van der Waals surface area contributed by atoms with Gasteiger partial charge >= 0.3 is 0 Å². The molecule has 0 aliphatic carbocycles. The van der Waals surface area contributed by atoms with Crippen LogP contribution in [0.2, 0.25) is 0 Å². The molecular weight excluding hydrogens is 434 g/mol. The lowest BCUT2D eigenvalue weighted by Crippen LogP contribution is -2.40. The standard InChI is InChI=1S/C24H29N7O3/c1-15-12-22(34-18-9-7-17(8-10-18)23(25)33)28-24(26-15)19-6-4-5-11-31(19)14-21(32)27-20-13-16(2)30(3)29-20/h7-10,12-13,19H,4-6,11,14H2,1-3H3,(H2,25,33)(H,27,29,32). The molecule has 1 aliphatic heterocycles. The van der Waals surface area contributed by atoms with Gasteiger partial charge < -0.3 is 15.8 Å². The molecule has 2 aromatic heterocycles. The highest BCUT2D eigenvalue weighted by Crippen LogP contribution is 2.31. The number of carbonyl (C=O) groups is 2. The topological polar surface area (TPSA) is 128 Å². The molecule has 0 saturated carbocycles. The SMILES string of the molecule is Cc1cc(Oc2ccc(C(N)=O)cc2)nc(C2CCCCN2CC(=O)Nc2cc(C)n(C)n2)n1. The van der Waals surface area contributed by atoms with Crippen LogP contribution in [-0.4, -0.2) is 49.6 Å². The molecule has 10 nitrogen and oxygen atoms in total. The summed E-state index contributed by atoms with van der Waals surface area (Å²) in [5, 5.41) is 7.18. The average molecular weight is 464 g/mol. The zero-order chi connectivity index (χ0) is 24.2. The Hall–Kier alpha value is -3.79. The highest BCUT2D eigenvalue weighted by molar-refractivity contribution is 5.93. The Labute approximate surface area is 198 Å². The van der Waals surface area contributed by atoms with Crippen LogP contribution in [0.3, 0.4) is 0 Å². The number of nitrogens with two attached hydrogens (primary N) is 1. The molecule has 34 heavy (non-hydrogen) atoms. The minimum Gasteiger partial charge on any atom is -0.439 e. The Balaban J connectivity index is 1.48. The molecule has 1 fully saturated rings. The number of aryl methyl sites for hydroxylation is 3. The van der Waals surface area contributed by atoms with Crippen molar-refractivity contribution >= 4 is 17.6 Å². The molecule has 0 radical (unpaired) electrons. The van der Waals surface area contributed by atoms with Gasteiger partial charge in [-0.1, -0.05) is 6.42 Å². The number of carbonyl (C=O) groups excluding carboxylic acids is 2. The van der Waals surface area contributed by atoms with Crippen LogP contribution >= 0.6 is 0 Å². The third-order valence-corrected chi connectivity index (χ3v) is 5.85. The van der Waals surface area contributed by atoms with Crippen molar-refractivity contribution in [1.29, 1.82) is 0 Å². The molecule has 3 aromatic rings. The molecule has 2 amide bonds. The quantitative estimate of drug-likeness (QED) is 0.551. The van der Waals surface area contributed by atoms with Crippen molar-refractivity contribution in [2.75, 3.05) is 18.4 Å². The molecule has 0 spiro atoms. The van der Waals surface area contributed by atoms with Gasteiger partial charge in [0.2, 0.25) is 17.7 Å². The number of aromatic nitrogens is 4. The third kappa shape index (κ3) is 5.57. The molecule has 178 valence electrons. The summed E-state index contributed by atoms with van der Waals surface area (Å²) in [6, 6.07) is 10.1. The summed E-state index contributed by atoms with van der Waals surface area (Å²) in [4.78, 5) is 35.4. The van der Waals surface area contributed by atoms with E-state index < -0.39 is 5.91 Å². The molecule has 4 rings (SSSR count). The first-order valence-electron chi connectivity index (χ1n) is 11.3. The maximum Gasteiger partial charge on any atom is 0.248 e. The van der Waals surface area contributed by atoms with E-state index in [-0.39, 0.29) is 18.5 Å². The largest absolute Gasteiger partial charge is 0.439 e. The van der Waals surface area contributed by atoms with Gasteiger partial charge in [0, 0.05) is 36.1 Å². The third-order valence-electron chi connectivity index (χ3n) is 5.85. The smallest absolute Gasteiger partial charge is 0.248 e. The number of rotatable bonds is 7. The van der Waals surface area contributed by atoms with Crippen molar-refractivity contribution < 1.29 is 14.3 Å². The molecule has 1 aliphatic rings. The van der Waals surface area contributed by atoms with Gasteiger partial charge in [0.15, 0.2) is 5.82 Å². The van der Waals surface area contributed by atoms with Gasteiger partial charge in [-0.05, 0) is 57.5 Å². The lowest BCUT2D eigenvalue weighted by molar-refractivity contribution is -0.118. The van der Waals surface area contributed by atoms with Crippen molar-refractivity contribution in [2.24, 2.45) is 12.8 Å². The highest BCUT2D eigenvalue weighted by atomic mass is 16.5. The molecule has 0 bridgehead atoms. The van der Waals surface area contributed by atoms with E-state index in [0.29, 0.717) is 28.8 Å².